The topological polar surface area (TPSA) is 43.4 Å². The maximum absolute atomic E-state index is 12.8. The lowest BCUT2D eigenvalue weighted by atomic mass is 9.77. The van der Waals surface area contributed by atoms with Gasteiger partial charge in [0, 0.05) is 12.7 Å². The highest BCUT2D eigenvalue weighted by molar-refractivity contribution is 6.55. The largest absolute Gasteiger partial charge is 0.491 e. The van der Waals surface area contributed by atoms with Crippen LogP contribution in [0.25, 0.3) is 6.08 Å². The summed E-state index contributed by atoms with van der Waals surface area (Å²) in [6, 6.07) is 2.54. The van der Waals surface area contributed by atoms with Gasteiger partial charge in [0.05, 0.1) is 11.2 Å². The molecule has 0 unspecified atom stereocenters. The van der Waals surface area contributed by atoms with E-state index < -0.39 is 30.2 Å². The van der Waals surface area contributed by atoms with E-state index in [2.05, 4.69) is 10.3 Å². The molecule has 0 spiro atoms. The molecule has 1 N–H and O–H groups in total. The molecule has 8 heteroatoms. The standard InChI is InChI=1S/C16H22BF3N2O2/c1-14(2)15(3,4)24-17(23-14)12(10-21-5)8-11-6-7-22-13(9-11)16(18,19)20/h6-9,21H,10H2,1-5H3. The molecule has 132 valence electrons. The number of nitrogens with zero attached hydrogens (tertiary/aromatic N) is 1. The van der Waals surface area contributed by atoms with E-state index in [9.17, 15) is 13.2 Å². The smallest absolute Gasteiger partial charge is 0.400 e. The van der Waals surface area contributed by atoms with Crippen LogP contribution < -0.4 is 5.32 Å². The van der Waals surface area contributed by atoms with Crippen molar-refractivity contribution < 1.29 is 22.5 Å². The number of nitrogens with one attached hydrogen (secondary N) is 1. The Labute approximate surface area is 140 Å². The van der Waals surface area contributed by atoms with Crippen LogP contribution in [0.3, 0.4) is 0 Å². The molecule has 0 bridgehead atoms. The lowest BCUT2D eigenvalue weighted by molar-refractivity contribution is -0.141. The number of aromatic nitrogens is 1. The highest BCUT2D eigenvalue weighted by atomic mass is 19.4. The highest BCUT2D eigenvalue weighted by Crippen LogP contribution is 2.38. The summed E-state index contributed by atoms with van der Waals surface area (Å²) in [5, 5.41) is 3.00. The van der Waals surface area contributed by atoms with Gasteiger partial charge in [-0.25, -0.2) is 0 Å². The molecule has 1 aromatic rings. The van der Waals surface area contributed by atoms with Gasteiger partial charge in [0.15, 0.2) is 0 Å². The summed E-state index contributed by atoms with van der Waals surface area (Å²) >= 11 is 0. The second-order valence-corrected chi connectivity index (χ2v) is 6.81. The SMILES string of the molecule is CNCC(=Cc1ccnc(C(F)(F)F)c1)B1OC(C)(C)C(C)(C)O1. The van der Waals surface area contributed by atoms with E-state index in [4.69, 9.17) is 9.31 Å². The number of halogens is 3. The Morgan fingerprint density at radius 3 is 2.33 bits per heavy atom. The molecular formula is C16H22BF3N2O2. The Hall–Kier alpha value is -1.38. The minimum absolute atomic E-state index is 0.400. The first-order chi connectivity index (χ1) is 11.0. The summed E-state index contributed by atoms with van der Waals surface area (Å²) in [7, 11) is 1.14. The van der Waals surface area contributed by atoms with Gasteiger partial charge in [-0.2, -0.15) is 13.2 Å². The fourth-order valence-electron chi connectivity index (χ4n) is 2.31. The first-order valence-corrected chi connectivity index (χ1v) is 7.70. The van der Waals surface area contributed by atoms with Gasteiger partial charge < -0.3 is 14.6 Å². The van der Waals surface area contributed by atoms with Crippen molar-refractivity contribution in [2.45, 2.75) is 45.1 Å². The van der Waals surface area contributed by atoms with Crippen LogP contribution in [0.4, 0.5) is 13.2 Å². The molecule has 1 aliphatic rings. The van der Waals surface area contributed by atoms with Crippen LogP contribution in [0.15, 0.2) is 23.8 Å². The molecule has 1 fully saturated rings. The molecule has 1 saturated heterocycles. The summed E-state index contributed by atoms with van der Waals surface area (Å²) < 4.78 is 50.4. The molecule has 1 aromatic heterocycles. The monoisotopic (exact) mass is 342 g/mol. The molecule has 0 aliphatic carbocycles. The van der Waals surface area contributed by atoms with Crippen molar-refractivity contribution in [3.05, 3.63) is 35.1 Å². The van der Waals surface area contributed by atoms with Crippen LogP contribution >= 0.6 is 0 Å². The van der Waals surface area contributed by atoms with E-state index in [1.165, 1.54) is 6.07 Å². The number of hydrogen-bond donors (Lipinski definition) is 1. The Kier molecular flexibility index (Phi) is 5.13. The van der Waals surface area contributed by atoms with Crippen LogP contribution in [0.1, 0.15) is 39.0 Å². The quantitative estimate of drug-likeness (QED) is 0.853. The Morgan fingerprint density at radius 2 is 1.83 bits per heavy atom. The second kappa shape index (κ2) is 6.50. The van der Waals surface area contributed by atoms with E-state index in [-0.39, 0.29) is 0 Å². The Bertz CT molecular complexity index is 614. The molecule has 0 amide bonds. The number of hydrogen-bond acceptors (Lipinski definition) is 4. The van der Waals surface area contributed by atoms with Gasteiger partial charge in [-0.3, -0.25) is 4.98 Å². The van der Waals surface area contributed by atoms with E-state index in [0.717, 1.165) is 17.7 Å². The predicted molar refractivity (Wildman–Crippen MR) is 87.2 cm³/mol. The summed E-state index contributed by atoms with van der Waals surface area (Å²) in [5.74, 6) is 0. The van der Waals surface area contributed by atoms with Crippen molar-refractivity contribution in [2.75, 3.05) is 13.6 Å². The van der Waals surface area contributed by atoms with Gasteiger partial charge in [-0.15, -0.1) is 0 Å². The Balaban J connectivity index is 2.33. The first-order valence-electron chi connectivity index (χ1n) is 7.70. The summed E-state index contributed by atoms with van der Waals surface area (Å²) in [5.41, 5.74) is -0.832. The molecule has 24 heavy (non-hydrogen) atoms. The molecule has 0 aromatic carbocycles. The third kappa shape index (κ3) is 3.99. The third-order valence-corrected chi connectivity index (χ3v) is 4.36. The van der Waals surface area contributed by atoms with Crippen LogP contribution in [0.5, 0.6) is 0 Å². The van der Waals surface area contributed by atoms with Gasteiger partial charge in [-0.05, 0) is 57.9 Å². The summed E-state index contributed by atoms with van der Waals surface area (Å²) in [6.07, 6.45) is -1.68. The van der Waals surface area contributed by atoms with Crippen molar-refractivity contribution in [2.24, 2.45) is 0 Å². The van der Waals surface area contributed by atoms with Gasteiger partial charge in [-0.1, -0.05) is 6.08 Å². The maximum atomic E-state index is 12.8. The van der Waals surface area contributed by atoms with Crippen LogP contribution in [0, 0.1) is 0 Å². The zero-order chi connectivity index (χ0) is 18.2. The molecule has 0 radical (unpaired) electrons. The average Bonchev–Trinajstić information content (AvgIpc) is 2.66. The zero-order valence-corrected chi connectivity index (χ0v) is 14.5. The number of alkyl halides is 3. The number of rotatable bonds is 4. The van der Waals surface area contributed by atoms with Crippen molar-refractivity contribution in [1.29, 1.82) is 0 Å². The van der Waals surface area contributed by atoms with Crippen molar-refractivity contribution >= 4 is 13.2 Å². The van der Waals surface area contributed by atoms with Crippen LogP contribution in [0.2, 0.25) is 0 Å². The van der Waals surface area contributed by atoms with E-state index >= 15 is 0 Å². The Morgan fingerprint density at radius 1 is 1.25 bits per heavy atom. The first kappa shape index (κ1) is 19.0. The molecular weight excluding hydrogens is 320 g/mol. The molecule has 1 aliphatic heterocycles. The lowest BCUT2D eigenvalue weighted by Crippen LogP contribution is -2.41. The number of likely N-dealkylation sites (N-methyl/N-ethyl adjacent to an activating group) is 1. The molecule has 2 rings (SSSR count). The van der Waals surface area contributed by atoms with E-state index in [0.29, 0.717) is 12.1 Å². The zero-order valence-electron chi connectivity index (χ0n) is 14.5. The third-order valence-electron chi connectivity index (χ3n) is 4.36. The summed E-state index contributed by atoms with van der Waals surface area (Å²) in [4.78, 5) is 3.38. The van der Waals surface area contributed by atoms with Crippen molar-refractivity contribution in [1.82, 2.24) is 10.3 Å². The second-order valence-electron chi connectivity index (χ2n) is 6.81. The molecule has 0 saturated carbocycles. The minimum atomic E-state index is -4.47. The van der Waals surface area contributed by atoms with Gasteiger partial charge in [0.2, 0.25) is 0 Å². The average molecular weight is 342 g/mol. The van der Waals surface area contributed by atoms with Crippen molar-refractivity contribution in [3.63, 3.8) is 0 Å². The molecule has 0 atom stereocenters. The fraction of sp³-hybridized carbons (Fsp3) is 0.562. The van der Waals surface area contributed by atoms with Gasteiger partial charge >= 0.3 is 13.3 Å². The predicted octanol–water partition coefficient (Wildman–Crippen LogP) is 3.33. The molecule has 4 nitrogen and oxygen atoms in total. The fourth-order valence-corrected chi connectivity index (χ4v) is 2.31. The van der Waals surface area contributed by atoms with E-state index in [1.54, 1.807) is 13.1 Å². The lowest BCUT2D eigenvalue weighted by Gasteiger charge is -2.32. The van der Waals surface area contributed by atoms with E-state index in [1.807, 2.05) is 27.7 Å². The van der Waals surface area contributed by atoms with Gasteiger partial charge in [0.1, 0.15) is 5.69 Å². The van der Waals surface area contributed by atoms with Crippen LogP contribution in [-0.4, -0.2) is 36.9 Å². The summed E-state index contributed by atoms with van der Waals surface area (Å²) in [6.45, 7) is 8.15. The molecule has 2 heterocycles. The normalized spacial score (nSPS) is 20.5. The maximum Gasteiger partial charge on any atom is 0.491 e. The number of pyridine rings is 1. The highest BCUT2D eigenvalue weighted by Gasteiger charge is 2.52. The van der Waals surface area contributed by atoms with Crippen LogP contribution in [-0.2, 0) is 15.5 Å². The van der Waals surface area contributed by atoms with Gasteiger partial charge in [0.25, 0.3) is 0 Å². The minimum Gasteiger partial charge on any atom is -0.400 e. The van der Waals surface area contributed by atoms with Crippen molar-refractivity contribution in [3.8, 4) is 0 Å².